The third-order valence-electron chi connectivity index (χ3n) is 3.25. The fraction of sp³-hybridized carbons (Fsp3) is 0.538. The smallest absolute Gasteiger partial charge is 0.191 e. The van der Waals surface area contributed by atoms with E-state index in [9.17, 15) is 8.78 Å². The molecule has 0 radical (unpaired) electrons. The molecule has 2 nitrogen and oxygen atoms in total. The van der Waals surface area contributed by atoms with Crippen LogP contribution in [0.15, 0.2) is 12.1 Å². The molecule has 0 unspecified atom stereocenters. The van der Waals surface area contributed by atoms with Crippen LogP contribution < -0.4 is 10.1 Å². The molecule has 0 spiro atoms. The van der Waals surface area contributed by atoms with Crippen LogP contribution in [0.4, 0.5) is 8.78 Å². The molecule has 1 aromatic carbocycles. The summed E-state index contributed by atoms with van der Waals surface area (Å²) in [6, 6.07) is 2.67. The minimum atomic E-state index is -0.632. The Hall–Kier alpha value is -1.16. The first kappa shape index (κ1) is 12.3. The summed E-state index contributed by atoms with van der Waals surface area (Å²) < 4.78 is 33.0. The molecular formula is C13H17F2NO. The number of rotatable bonds is 2. The second-order valence-corrected chi connectivity index (χ2v) is 4.81. The van der Waals surface area contributed by atoms with Gasteiger partial charge in [0.15, 0.2) is 17.4 Å². The molecule has 94 valence electrons. The Labute approximate surface area is 100.0 Å². The van der Waals surface area contributed by atoms with Gasteiger partial charge in [0, 0.05) is 0 Å². The highest BCUT2D eigenvalue weighted by molar-refractivity contribution is 5.32. The van der Waals surface area contributed by atoms with E-state index in [1.165, 1.54) is 12.1 Å². The van der Waals surface area contributed by atoms with Gasteiger partial charge in [-0.2, -0.15) is 0 Å². The molecule has 17 heavy (non-hydrogen) atoms. The van der Waals surface area contributed by atoms with Crippen molar-refractivity contribution in [3.63, 3.8) is 0 Å². The number of ether oxygens (including phenoxy) is 1. The van der Waals surface area contributed by atoms with Crippen LogP contribution in [0.2, 0.25) is 0 Å². The summed E-state index contributed by atoms with van der Waals surface area (Å²) in [5.41, 5.74) is -0.0836. The Bertz CT molecular complexity index is 414. The van der Waals surface area contributed by atoms with E-state index in [0.29, 0.717) is 5.56 Å². The van der Waals surface area contributed by atoms with Gasteiger partial charge in [0.25, 0.3) is 0 Å². The largest absolute Gasteiger partial charge is 0.481 e. The molecule has 0 saturated carbocycles. The van der Waals surface area contributed by atoms with E-state index in [1.807, 2.05) is 6.92 Å². The lowest BCUT2D eigenvalue weighted by atomic mass is 9.94. The molecule has 1 aromatic rings. The van der Waals surface area contributed by atoms with Crippen molar-refractivity contribution >= 4 is 0 Å². The maximum Gasteiger partial charge on any atom is 0.191 e. The van der Waals surface area contributed by atoms with Crippen LogP contribution in [0.5, 0.6) is 5.75 Å². The van der Waals surface area contributed by atoms with Gasteiger partial charge in [0.2, 0.25) is 0 Å². The van der Waals surface area contributed by atoms with Crippen LogP contribution in [0.3, 0.4) is 0 Å². The molecule has 0 atom stereocenters. The van der Waals surface area contributed by atoms with Gasteiger partial charge in [-0.3, -0.25) is 0 Å². The molecule has 1 saturated heterocycles. The van der Waals surface area contributed by atoms with Crippen molar-refractivity contribution in [3.8, 4) is 5.75 Å². The van der Waals surface area contributed by atoms with Gasteiger partial charge in [-0.05, 0) is 51.4 Å². The number of piperidine rings is 1. The Morgan fingerprint density at radius 2 is 1.88 bits per heavy atom. The maximum atomic E-state index is 13.8. The second-order valence-electron chi connectivity index (χ2n) is 4.81. The van der Waals surface area contributed by atoms with Crippen molar-refractivity contribution in [3.05, 3.63) is 29.3 Å². The maximum absolute atomic E-state index is 13.8. The summed E-state index contributed by atoms with van der Waals surface area (Å²) in [6.45, 7) is 5.12. The molecule has 0 bridgehead atoms. The molecule has 0 aromatic heterocycles. The normalized spacial score (nSPS) is 19.1. The van der Waals surface area contributed by atoms with E-state index in [2.05, 4.69) is 5.32 Å². The second kappa shape index (κ2) is 4.61. The Morgan fingerprint density at radius 1 is 1.24 bits per heavy atom. The van der Waals surface area contributed by atoms with Gasteiger partial charge in [-0.15, -0.1) is 0 Å². The fourth-order valence-corrected chi connectivity index (χ4v) is 2.03. The van der Waals surface area contributed by atoms with Crippen LogP contribution in [0, 0.1) is 18.6 Å². The molecule has 0 aliphatic carbocycles. The quantitative estimate of drug-likeness (QED) is 0.859. The fourth-order valence-electron chi connectivity index (χ4n) is 2.03. The van der Waals surface area contributed by atoms with Crippen LogP contribution >= 0.6 is 0 Å². The monoisotopic (exact) mass is 241 g/mol. The lowest BCUT2D eigenvalue weighted by Gasteiger charge is -2.34. The number of halogens is 2. The Morgan fingerprint density at radius 3 is 2.53 bits per heavy atom. The molecule has 1 heterocycles. The van der Waals surface area contributed by atoms with Crippen LogP contribution in [0.1, 0.15) is 25.3 Å². The minimum Gasteiger partial charge on any atom is -0.481 e. The Kier molecular flexibility index (Phi) is 3.33. The van der Waals surface area contributed by atoms with E-state index in [0.717, 1.165) is 25.9 Å². The molecule has 1 N–H and O–H groups in total. The van der Waals surface area contributed by atoms with Crippen LogP contribution in [-0.2, 0) is 0 Å². The summed E-state index contributed by atoms with van der Waals surface area (Å²) in [5, 5.41) is 3.20. The highest BCUT2D eigenvalue weighted by Crippen LogP contribution is 2.31. The van der Waals surface area contributed by atoms with E-state index in [4.69, 9.17) is 4.74 Å². The lowest BCUT2D eigenvalue weighted by Crippen LogP contribution is -2.44. The van der Waals surface area contributed by atoms with E-state index >= 15 is 0 Å². The lowest BCUT2D eigenvalue weighted by molar-refractivity contribution is 0.0469. The topological polar surface area (TPSA) is 21.3 Å². The number of hydrogen-bond acceptors (Lipinski definition) is 2. The average molecular weight is 241 g/mol. The van der Waals surface area contributed by atoms with Crippen molar-refractivity contribution in [2.24, 2.45) is 0 Å². The molecule has 4 heteroatoms. The van der Waals surface area contributed by atoms with Gasteiger partial charge in [-0.1, -0.05) is 6.07 Å². The van der Waals surface area contributed by atoms with E-state index < -0.39 is 17.2 Å². The van der Waals surface area contributed by atoms with E-state index in [1.54, 1.807) is 6.92 Å². The number of aryl methyl sites for hydroxylation is 1. The van der Waals surface area contributed by atoms with Crippen molar-refractivity contribution in [1.29, 1.82) is 0 Å². The van der Waals surface area contributed by atoms with Crippen molar-refractivity contribution in [2.75, 3.05) is 13.1 Å². The zero-order chi connectivity index (χ0) is 12.5. The summed E-state index contributed by atoms with van der Waals surface area (Å²) >= 11 is 0. The third-order valence-corrected chi connectivity index (χ3v) is 3.25. The van der Waals surface area contributed by atoms with Gasteiger partial charge in [0.05, 0.1) is 0 Å². The predicted molar refractivity (Wildman–Crippen MR) is 62.2 cm³/mol. The zero-order valence-electron chi connectivity index (χ0n) is 10.1. The van der Waals surface area contributed by atoms with Crippen LogP contribution in [0.25, 0.3) is 0 Å². The molecular weight excluding hydrogens is 224 g/mol. The standard InChI is InChI=1S/C13H17F2NO/c1-9-3-4-10(14)12(11(9)15)17-13(2)5-7-16-8-6-13/h3-4,16H,5-8H2,1-2H3. The van der Waals surface area contributed by atoms with Gasteiger partial charge in [0.1, 0.15) is 5.60 Å². The number of nitrogens with one attached hydrogen (secondary N) is 1. The van der Waals surface area contributed by atoms with E-state index in [-0.39, 0.29) is 5.75 Å². The van der Waals surface area contributed by atoms with Crippen molar-refractivity contribution < 1.29 is 13.5 Å². The molecule has 1 aliphatic heterocycles. The highest BCUT2D eigenvalue weighted by Gasteiger charge is 2.31. The molecule has 1 fully saturated rings. The SMILES string of the molecule is Cc1ccc(F)c(OC2(C)CCNCC2)c1F. The van der Waals surface area contributed by atoms with Gasteiger partial charge < -0.3 is 10.1 Å². The minimum absolute atomic E-state index is 0.241. The number of benzene rings is 1. The van der Waals surface area contributed by atoms with Gasteiger partial charge >= 0.3 is 0 Å². The molecule has 0 amide bonds. The zero-order valence-corrected chi connectivity index (χ0v) is 10.1. The summed E-state index contributed by atoms with van der Waals surface area (Å²) in [5.74, 6) is -1.47. The highest BCUT2D eigenvalue weighted by atomic mass is 19.1. The average Bonchev–Trinajstić information content (AvgIpc) is 2.31. The summed E-state index contributed by atoms with van der Waals surface area (Å²) in [4.78, 5) is 0. The molecule has 1 aliphatic rings. The molecule has 2 rings (SSSR count). The van der Waals surface area contributed by atoms with Crippen molar-refractivity contribution in [1.82, 2.24) is 5.32 Å². The van der Waals surface area contributed by atoms with Gasteiger partial charge in [-0.25, -0.2) is 8.78 Å². The first-order chi connectivity index (χ1) is 8.02. The number of hydrogen-bond donors (Lipinski definition) is 1. The Balaban J connectivity index is 2.26. The predicted octanol–water partition coefficient (Wildman–Crippen LogP) is 2.79. The summed E-state index contributed by atoms with van der Waals surface area (Å²) in [6.07, 6.45) is 1.50. The van der Waals surface area contributed by atoms with Crippen LogP contribution in [-0.4, -0.2) is 18.7 Å². The summed E-state index contributed by atoms with van der Waals surface area (Å²) in [7, 11) is 0. The van der Waals surface area contributed by atoms with Crippen molar-refractivity contribution in [2.45, 2.75) is 32.3 Å². The third kappa shape index (κ3) is 2.57. The first-order valence-electron chi connectivity index (χ1n) is 5.86. The first-order valence-corrected chi connectivity index (χ1v) is 5.86.